The molecule has 0 saturated carbocycles. The molecule has 0 radical (unpaired) electrons. The number of hydrogen-bond donors (Lipinski definition) is 2. The smallest absolute Gasteiger partial charge is 0.0731 e. The van der Waals surface area contributed by atoms with Gasteiger partial charge in [0.2, 0.25) is 0 Å². The van der Waals surface area contributed by atoms with E-state index in [0.29, 0.717) is 6.54 Å². The van der Waals surface area contributed by atoms with Crippen LogP contribution in [0.1, 0.15) is 18.7 Å². The first-order valence-electron chi connectivity index (χ1n) is 5.60. The van der Waals surface area contributed by atoms with Gasteiger partial charge in [-0.25, -0.2) is 0 Å². The lowest BCUT2D eigenvalue weighted by Gasteiger charge is -2.12. The van der Waals surface area contributed by atoms with Crippen LogP contribution < -0.4 is 5.32 Å². The van der Waals surface area contributed by atoms with E-state index in [1.165, 1.54) is 0 Å². The maximum atomic E-state index is 8.80. The van der Waals surface area contributed by atoms with Crippen molar-refractivity contribution in [2.75, 3.05) is 11.9 Å². The summed E-state index contributed by atoms with van der Waals surface area (Å²) in [4.78, 5) is 4.29. The summed E-state index contributed by atoms with van der Waals surface area (Å²) < 4.78 is 1.70. The van der Waals surface area contributed by atoms with Gasteiger partial charge in [-0.05, 0) is 19.1 Å². The summed E-state index contributed by atoms with van der Waals surface area (Å²) in [5.41, 5.74) is 1.92. The van der Waals surface area contributed by atoms with Crippen molar-refractivity contribution >= 4 is 5.69 Å². The first-order valence-corrected chi connectivity index (χ1v) is 5.60. The lowest BCUT2D eigenvalue weighted by molar-refractivity contribution is 0.269. The first kappa shape index (κ1) is 11.6. The van der Waals surface area contributed by atoms with E-state index in [0.717, 1.165) is 11.4 Å². The van der Waals surface area contributed by atoms with Crippen molar-refractivity contribution in [3.63, 3.8) is 0 Å². The van der Waals surface area contributed by atoms with Crippen molar-refractivity contribution in [2.24, 2.45) is 0 Å². The fourth-order valence-corrected chi connectivity index (χ4v) is 1.62. The van der Waals surface area contributed by atoms with E-state index < -0.39 is 0 Å². The van der Waals surface area contributed by atoms with Gasteiger partial charge >= 0.3 is 0 Å². The summed E-state index contributed by atoms with van der Waals surface area (Å²) in [6, 6.07) is 5.98. The number of aliphatic hydroxyl groups is 1. The van der Waals surface area contributed by atoms with Crippen molar-refractivity contribution in [3.8, 4) is 0 Å². The van der Waals surface area contributed by atoms with Gasteiger partial charge < -0.3 is 10.4 Å². The van der Waals surface area contributed by atoms with Crippen molar-refractivity contribution in [1.29, 1.82) is 0 Å². The molecule has 0 amide bonds. The van der Waals surface area contributed by atoms with Crippen LogP contribution in [0.2, 0.25) is 0 Å². The number of nitrogens with one attached hydrogen (secondary N) is 1. The molecule has 17 heavy (non-hydrogen) atoms. The van der Waals surface area contributed by atoms with Crippen molar-refractivity contribution in [3.05, 3.63) is 42.5 Å². The third kappa shape index (κ3) is 3.04. The Hall–Kier alpha value is -1.88. The Kier molecular flexibility index (Phi) is 3.72. The molecule has 0 aromatic carbocycles. The molecule has 2 rings (SSSR count). The Morgan fingerprint density at radius 2 is 2.35 bits per heavy atom. The zero-order chi connectivity index (χ0) is 12.1. The molecular weight excluding hydrogens is 216 g/mol. The molecule has 2 heterocycles. The predicted octanol–water partition coefficient (Wildman–Crippen LogP) is 1.44. The van der Waals surface area contributed by atoms with Crippen LogP contribution in [-0.2, 0) is 6.54 Å². The minimum absolute atomic E-state index is 0.0942. The number of rotatable bonds is 5. The van der Waals surface area contributed by atoms with Crippen molar-refractivity contribution in [2.45, 2.75) is 19.5 Å². The Morgan fingerprint density at radius 1 is 1.47 bits per heavy atom. The monoisotopic (exact) mass is 232 g/mol. The number of aliphatic hydroxyl groups excluding tert-OH is 1. The molecule has 90 valence electrons. The standard InChI is InChI=1S/C12H16N4O/c1-10(12-4-2-3-5-13-12)15-11-8-14-16(9-11)6-7-17/h2-5,8-10,15,17H,6-7H2,1H3. The maximum Gasteiger partial charge on any atom is 0.0731 e. The van der Waals surface area contributed by atoms with E-state index in [1.54, 1.807) is 17.1 Å². The van der Waals surface area contributed by atoms with Gasteiger partial charge in [0.05, 0.1) is 36.8 Å². The van der Waals surface area contributed by atoms with Crippen LogP contribution in [0.15, 0.2) is 36.8 Å². The van der Waals surface area contributed by atoms with Gasteiger partial charge in [0, 0.05) is 12.4 Å². The highest BCUT2D eigenvalue weighted by atomic mass is 16.3. The van der Waals surface area contributed by atoms with Crippen LogP contribution >= 0.6 is 0 Å². The predicted molar refractivity (Wildman–Crippen MR) is 65.6 cm³/mol. The number of nitrogens with zero attached hydrogens (tertiary/aromatic N) is 3. The second-order valence-corrected chi connectivity index (χ2v) is 3.84. The fraction of sp³-hybridized carbons (Fsp3) is 0.333. The Morgan fingerprint density at radius 3 is 3.06 bits per heavy atom. The van der Waals surface area contributed by atoms with Crippen LogP contribution in [0.25, 0.3) is 0 Å². The molecular formula is C12H16N4O. The SMILES string of the molecule is CC(Nc1cnn(CCO)c1)c1ccccn1. The number of anilines is 1. The summed E-state index contributed by atoms with van der Waals surface area (Å²) in [6.45, 7) is 2.66. The Bertz CT molecular complexity index is 455. The number of hydrogen-bond acceptors (Lipinski definition) is 4. The highest BCUT2D eigenvalue weighted by molar-refractivity contribution is 5.40. The lowest BCUT2D eigenvalue weighted by atomic mass is 10.2. The molecule has 0 spiro atoms. The number of aromatic nitrogens is 3. The Balaban J connectivity index is 2.00. The molecule has 0 saturated heterocycles. The van der Waals surface area contributed by atoms with Crippen LogP contribution in [0, 0.1) is 0 Å². The summed E-state index contributed by atoms with van der Waals surface area (Å²) >= 11 is 0. The molecule has 2 aromatic heterocycles. The second kappa shape index (κ2) is 5.45. The zero-order valence-electron chi connectivity index (χ0n) is 9.74. The Labute approximate surface area is 100 Å². The minimum Gasteiger partial charge on any atom is -0.394 e. The van der Waals surface area contributed by atoms with Crippen LogP contribution in [-0.4, -0.2) is 26.5 Å². The highest BCUT2D eigenvalue weighted by Crippen LogP contribution is 2.16. The van der Waals surface area contributed by atoms with Gasteiger partial charge in [-0.3, -0.25) is 9.67 Å². The fourth-order valence-electron chi connectivity index (χ4n) is 1.62. The maximum absolute atomic E-state index is 8.80. The molecule has 5 nitrogen and oxygen atoms in total. The molecule has 1 unspecified atom stereocenters. The average Bonchev–Trinajstić information content (AvgIpc) is 2.78. The van der Waals surface area contributed by atoms with Crippen LogP contribution in [0.3, 0.4) is 0 Å². The second-order valence-electron chi connectivity index (χ2n) is 3.84. The van der Waals surface area contributed by atoms with E-state index in [2.05, 4.69) is 15.4 Å². The lowest BCUT2D eigenvalue weighted by Crippen LogP contribution is -2.07. The van der Waals surface area contributed by atoms with Crippen LogP contribution in [0.5, 0.6) is 0 Å². The quantitative estimate of drug-likeness (QED) is 0.819. The van der Waals surface area contributed by atoms with Gasteiger partial charge in [0.1, 0.15) is 0 Å². The minimum atomic E-state index is 0.0942. The molecule has 1 atom stereocenters. The molecule has 0 aliphatic carbocycles. The van der Waals surface area contributed by atoms with Gasteiger partial charge in [-0.2, -0.15) is 5.10 Å². The molecule has 0 fully saturated rings. The third-order valence-corrected chi connectivity index (χ3v) is 2.48. The molecule has 0 aliphatic heterocycles. The van der Waals surface area contributed by atoms with Gasteiger partial charge in [-0.1, -0.05) is 6.07 Å². The van der Waals surface area contributed by atoms with E-state index in [-0.39, 0.29) is 12.6 Å². The van der Waals surface area contributed by atoms with Crippen molar-refractivity contribution in [1.82, 2.24) is 14.8 Å². The largest absolute Gasteiger partial charge is 0.394 e. The molecule has 2 aromatic rings. The van der Waals surface area contributed by atoms with E-state index in [4.69, 9.17) is 5.11 Å². The normalized spacial score (nSPS) is 12.4. The molecule has 5 heteroatoms. The highest BCUT2D eigenvalue weighted by Gasteiger charge is 2.07. The molecule has 0 aliphatic rings. The summed E-state index contributed by atoms with van der Waals surface area (Å²) in [5, 5.41) is 16.2. The van der Waals surface area contributed by atoms with Gasteiger partial charge in [0.25, 0.3) is 0 Å². The molecule has 2 N–H and O–H groups in total. The summed E-state index contributed by atoms with van der Waals surface area (Å²) in [6.07, 6.45) is 5.40. The average molecular weight is 232 g/mol. The van der Waals surface area contributed by atoms with E-state index in [9.17, 15) is 0 Å². The molecule has 0 bridgehead atoms. The van der Waals surface area contributed by atoms with Gasteiger partial charge in [0.15, 0.2) is 0 Å². The van der Waals surface area contributed by atoms with E-state index in [1.807, 2.05) is 31.3 Å². The first-order chi connectivity index (χ1) is 8.29. The summed E-state index contributed by atoms with van der Waals surface area (Å²) in [7, 11) is 0. The number of pyridine rings is 1. The van der Waals surface area contributed by atoms with Gasteiger partial charge in [-0.15, -0.1) is 0 Å². The third-order valence-electron chi connectivity index (χ3n) is 2.48. The zero-order valence-corrected chi connectivity index (χ0v) is 9.74. The summed E-state index contributed by atoms with van der Waals surface area (Å²) in [5.74, 6) is 0. The van der Waals surface area contributed by atoms with Crippen molar-refractivity contribution < 1.29 is 5.11 Å². The van der Waals surface area contributed by atoms with Crippen LogP contribution in [0.4, 0.5) is 5.69 Å². The topological polar surface area (TPSA) is 63.0 Å². The van der Waals surface area contributed by atoms with E-state index >= 15 is 0 Å².